The van der Waals surface area contributed by atoms with Gasteiger partial charge in [-0.2, -0.15) is 5.10 Å². The number of hydrogen-bond acceptors (Lipinski definition) is 4. The van der Waals surface area contributed by atoms with Gasteiger partial charge in [-0.15, -0.1) is 0 Å². The molecular formula is C29H32ClN3O3. The maximum Gasteiger partial charge on any atom is 0.341 e. The van der Waals surface area contributed by atoms with Gasteiger partial charge in [-0.05, 0) is 68.7 Å². The summed E-state index contributed by atoms with van der Waals surface area (Å²) in [7, 11) is 0. The van der Waals surface area contributed by atoms with Crippen LogP contribution in [0.2, 0.25) is 5.02 Å². The van der Waals surface area contributed by atoms with E-state index in [1.165, 1.54) is 12.8 Å². The van der Waals surface area contributed by atoms with Crippen LogP contribution in [0, 0.1) is 5.92 Å². The minimum Gasteiger partial charge on any atom is -0.462 e. The average molecular weight is 506 g/mol. The highest BCUT2D eigenvalue weighted by Gasteiger charge is 2.33. The average Bonchev–Trinajstić information content (AvgIpc) is 3.83. The number of halogens is 1. The van der Waals surface area contributed by atoms with Gasteiger partial charge < -0.3 is 9.64 Å². The third kappa shape index (κ3) is 5.05. The van der Waals surface area contributed by atoms with Crippen LogP contribution in [0.4, 0.5) is 0 Å². The number of ether oxygens (including phenoxy) is 1. The molecule has 2 aliphatic carbocycles. The molecule has 2 saturated carbocycles. The van der Waals surface area contributed by atoms with Crippen LogP contribution in [0.3, 0.4) is 0 Å². The molecule has 0 N–H and O–H groups in total. The Labute approximate surface area is 217 Å². The van der Waals surface area contributed by atoms with Gasteiger partial charge in [0.15, 0.2) is 0 Å². The summed E-state index contributed by atoms with van der Waals surface area (Å²) in [6.07, 6.45) is 6.97. The number of amides is 1. The van der Waals surface area contributed by atoms with Crippen LogP contribution in [0.25, 0.3) is 16.8 Å². The molecule has 0 atom stereocenters. The van der Waals surface area contributed by atoms with Gasteiger partial charge in [-0.3, -0.25) is 4.79 Å². The van der Waals surface area contributed by atoms with E-state index in [9.17, 15) is 9.59 Å². The summed E-state index contributed by atoms with van der Waals surface area (Å²) in [6.45, 7) is 5.76. The van der Waals surface area contributed by atoms with Crippen LogP contribution in [0.5, 0.6) is 0 Å². The molecule has 0 saturated heterocycles. The van der Waals surface area contributed by atoms with Gasteiger partial charge >= 0.3 is 5.97 Å². The zero-order valence-electron chi connectivity index (χ0n) is 20.9. The van der Waals surface area contributed by atoms with E-state index in [0.29, 0.717) is 34.6 Å². The molecule has 0 bridgehead atoms. The van der Waals surface area contributed by atoms with Crippen LogP contribution >= 0.6 is 11.6 Å². The van der Waals surface area contributed by atoms with Gasteiger partial charge in [0, 0.05) is 24.6 Å². The van der Waals surface area contributed by atoms with E-state index >= 15 is 0 Å². The van der Waals surface area contributed by atoms with Crippen molar-refractivity contribution in [3.05, 3.63) is 70.5 Å². The summed E-state index contributed by atoms with van der Waals surface area (Å²) in [5.74, 6) is 0.581. The van der Waals surface area contributed by atoms with Crippen LogP contribution in [-0.2, 0) is 4.74 Å². The number of benzene rings is 2. The molecule has 36 heavy (non-hydrogen) atoms. The lowest BCUT2D eigenvalue weighted by Gasteiger charge is -2.23. The molecule has 2 aromatic carbocycles. The molecular weight excluding hydrogens is 474 g/mol. The Morgan fingerprint density at radius 3 is 2.56 bits per heavy atom. The molecule has 6 nitrogen and oxygen atoms in total. The maximum atomic E-state index is 13.4. The summed E-state index contributed by atoms with van der Waals surface area (Å²) in [5, 5.41) is 5.02. The first-order valence-corrected chi connectivity index (χ1v) is 13.3. The van der Waals surface area contributed by atoms with Gasteiger partial charge in [0.05, 0.1) is 34.8 Å². The first-order valence-electron chi connectivity index (χ1n) is 12.9. The van der Waals surface area contributed by atoms with E-state index in [1.807, 2.05) is 52.0 Å². The highest BCUT2D eigenvalue weighted by Crippen LogP contribution is 2.43. The number of esters is 1. The molecule has 3 aromatic rings. The van der Waals surface area contributed by atoms with E-state index < -0.39 is 0 Å². The fourth-order valence-electron chi connectivity index (χ4n) is 4.73. The van der Waals surface area contributed by atoms with Crippen molar-refractivity contribution in [2.75, 3.05) is 19.7 Å². The van der Waals surface area contributed by atoms with E-state index in [2.05, 4.69) is 12.0 Å². The molecule has 0 aliphatic heterocycles. The fourth-order valence-corrected chi connectivity index (χ4v) is 5.05. The standard InChI is InChI=1S/C29H32ClN3O3/c1-3-15-32(18-19-11-12-19)28(34)24-10-6-9-23(26(24)30)21-7-5-8-22(16-21)33-27(20-13-14-20)25(17-31-33)29(35)36-4-2/h5-10,16-17,19-20H,3-4,11-15,18H2,1-2H3. The predicted octanol–water partition coefficient (Wildman–Crippen LogP) is 6.51. The van der Waals surface area contributed by atoms with Crippen molar-refractivity contribution in [2.24, 2.45) is 5.92 Å². The zero-order chi connectivity index (χ0) is 25.2. The number of carbonyl (C=O) groups excluding carboxylic acids is 2. The third-order valence-electron chi connectivity index (χ3n) is 6.85. The van der Waals surface area contributed by atoms with E-state index in [0.717, 1.165) is 54.9 Å². The largest absolute Gasteiger partial charge is 0.462 e. The van der Waals surface area contributed by atoms with Gasteiger partial charge in [0.1, 0.15) is 5.56 Å². The first kappa shape index (κ1) is 24.6. The molecule has 1 aromatic heterocycles. The van der Waals surface area contributed by atoms with Crippen molar-refractivity contribution >= 4 is 23.5 Å². The van der Waals surface area contributed by atoms with Gasteiger partial charge in [-0.25, -0.2) is 9.48 Å². The van der Waals surface area contributed by atoms with Gasteiger partial charge in [-0.1, -0.05) is 42.8 Å². The minimum atomic E-state index is -0.334. The normalized spacial score (nSPS) is 15.1. The second-order valence-electron chi connectivity index (χ2n) is 9.76. The molecule has 0 radical (unpaired) electrons. The lowest BCUT2D eigenvalue weighted by Crippen LogP contribution is -2.33. The summed E-state index contributed by atoms with van der Waals surface area (Å²) in [6, 6.07) is 13.6. The Morgan fingerprint density at radius 2 is 1.86 bits per heavy atom. The van der Waals surface area contributed by atoms with E-state index in [4.69, 9.17) is 16.3 Å². The SMILES string of the molecule is CCCN(CC1CC1)C(=O)c1cccc(-c2cccc(-n3ncc(C(=O)OCC)c3C3CC3)c2)c1Cl. The Hall–Kier alpha value is -3.12. The van der Waals surface area contributed by atoms with Crippen molar-refractivity contribution in [1.29, 1.82) is 0 Å². The highest BCUT2D eigenvalue weighted by atomic mass is 35.5. The molecule has 2 aliphatic rings. The quantitative estimate of drug-likeness (QED) is 0.295. The summed E-state index contributed by atoms with van der Waals surface area (Å²) < 4.78 is 7.10. The topological polar surface area (TPSA) is 64.4 Å². The van der Waals surface area contributed by atoms with Crippen LogP contribution in [-0.4, -0.2) is 46.3 Å². The molecule has 2 fully saturated rings. The van der Waals surface area contributed by atoms with E-state index in [-0.39, 0.29) is 11.9 Å². The second-order valence-corrected chi connectivity index (χ2v) is 10.1. The Kier molecular flexibility index (Phi) is 7.15. The molecule has 0 unspecified atom stereocenters. The van der Waals surface area contributed by atoms with Crippen molar-refractivity contribution in [1.82, 2.24) is 14.7 Å². The van der Waals surface area contributed by atoms with Crippen molar-refractivity contribution in [3.63, 3.8) is 0 Å². The van der Waals surface area contributed by atoms with Crippen molar-refractivity contribution < 1.29 is 14.3 Å². The Balaban J connectivity index is 1.48. The number of carbonyl (C=O) groups is 2. The third-order valence-corrected chi connectivity index (χ3v) is 7.26. The number of rotatable bonds is 10. The van der Waals surface area contributed by atoms with Crippen molar-refractivity contribution in [2.45, 2.75) is 51.9 Å². The predicted molar refractivity (Wildman–Crippen MR) is 141 cm³/mol. The van der Waals surface area contributed by atoms with Crippen LogP contribution in [0.1, 0.15) is 78.3 Å². The van der Waals surface area contributed by atoms with Gasteiger partial charge in [0.25, 0.3) is 5.91 Å². The molecule has 1 amide bonds. The summed E-state index contributed by atoms with van der Waals surface area (Å²) in [4.78, 5) is 27.9. The lowest BCUT2D eigenvalue weighted by molar-refractivity contribution is 0.0524. The number of aromatic nitrogens is 2. The number of nitrogens with zero attached hydrogens (tertiary/aromatic N) is 3. The molecule has 1 heterocycles. The molecule has 5 rings (SSSR count). The van der Waals surface area contributed by atoms with Gasteiger partial charge in [0.2, 0.25) is 0 Å². The highest BCUT2D eigenvalue weighted by molar-refractivity contribution is 6.36. The number of hydrogen-bond donors (Lipinski definition) is 0. The fraction of sp³-hybridized carbons (Fsp3) is 0.414. The lowest BCUT2D eigenvalue weighted by atomic mass is 10.0. The zero-order valence-corrected chi connectivity index (χ0v) is 21.6. The second kappa shape index (κ2) is 10.5. The van der Waals surface area contributed by atoms with E-state index in [1.54, 1.807) is 13.1 Å². The van der Waals surface area contributed by atoms with Crippen LogP contribution < -0.4 is 0 Å². The summed E-state index contributed by atoms with van der Waals surface area (Å²) in [5.41, 5.74) is 4.51. The minimum absolute atomic E-state index is 0.00562. The Morgan fingerprint density at radius 1 is 1.08 bits per heavy atom. The maximum absolute atomic E-state index is 13.4. The molecule has 188 valence electrons. The first-order chi connectivity index (χ1) is 17.5. The molecule has 7 heteroatoms. The smallest absolute Gasteiger partial charge is 0.341 e. The monoisotopic (exact) mass is 505 g/mol. The molecule has 0 spiro atoms. The summed E-state index contributed by atoms with van der Waals surface area (Å²) >= 11 is 6.87. The van der Waals surface area contributed by atoms with Crippen LogP contribution in [0.15, 0.2) is 48.7 Å². The Bertz CT molecular complexity index is 1280. The van der Waals surface area contributed by atoms with Crippen molar-refractivity contribution in [3.8, 4) is 16.8 Å².